The van der Waals surface area contributed by atoms with Crippen molar-refractivity contribution in [3.63, 3.8) is 0 Å². The van der Waals surface area contributed by atoms with Crippen molar-refractivity contribution in [3.8, 4) is 0 Å². The van der Waals surface area contributed by atoms with Crippen LogP contribution in [0, 0.1) is 0 Å². The Bertz CT molecular complexity index is 717. The van der Waals surface area contributed by atoms with Gasteiger partial charge in [-0.2, -0.15) is 0 Å². The molecule has 21 heavy (non-hydrogen) atoms. The highest BCUT2D eigenvalue weighted by Crippen LogP contribution is 2.14. The zero-order chi connectivity index (χ0) is 14.5. The van der Waals surface area contributed by atoms with E-state index in [1.165, 1.54) is 10.9 Å². The summed E-state index contributed by atoms with van der Waals surface area (Å²) in [4.78, 5) is 8.79. The fourth-order valence-electron chi connectivity index (χ4n) is 2.45. The van der Waals surface area contributed by atoms with Crippen LogP contribution in [0.25, 0.3) is 10.9 Å². The summed E-state index contributed by atoms with van der Waals surface area (Å²) in [6, 6.07) is 10.5. The summed E-state index contributed by atoms with van der Waals surface area (Å²) in [5.41, 5.74) is 2.31. The molecule has 0 aliphatic carbocycles. The number of imidazole rings is 1. The number of hydrogen-bond acceptors (Lipinski definition) is 3. The second-order valence-corrected chi connectivity index (χ2v) is 5.18. The van der Waals surface area contributed by atoms with E-state index in [-0.39, 0.29) is 0 Å². The molecule has 0 bridgehead atoms. The Morgan fingerprint density at radius 1 is 1.14 bits per heavy atom. The number of aromatic nitrogens is 3. The van der Waals surface area contributed by atoms with Crippen LogP contribution >= 0.6 is 0 Å². The van der Waals surface area contributed by atoms with E-state index in [4.69, 9.17) is 0 Å². The Kier molecular flexibility index (Phi) is 4.26. The van der Waals surface area contributed by atoms with E-state index in [0.717, 1.165) is 37.4 Å². The van der Waals surface area contributed by atoms with Gasteiger partial charge in [0.05, 0.1) is 12.1 Å². The lowest BCUT2D eigenvalue weighted by Crippen LogP contribution is -2.17. The first kappa shape index (κ1) is 13.8. The van der Waals surface area contributed by atoms with Crippen LogP contribution in [-0.4, -0.2) is 21.1 Å². The number of benzene rings is 1. The molecule has 0 unspecified atom stereocenters. The molecule has 3 aromatic rings. The number of rotatable bonds is 6. The van der Waals surface area contributed by atoms with Gasteiger partial charge in [0.2, 0.25) is 0 Å². The highest BCUT2D eigenvalue weighted by molar-refractivity contribution is 5.78. The molecule has 2 heterocycles. The predicted octanol–water partition coefficient (Wildman–Crippen LogP) is 2.98. The molecule has 4 heteroatoms. The zero-order valence-corrected chi connectivity index (χ0v) is 12.3. The van der Waals surface area contributed by atoms with Gasteiger partial charge in [-0.15, -0.1) is 0 Å². The maximum absolute atomic E-state index is 4.43. The Hall–Kier alpha value is -2.20. The topological polar surface area (TPSA) is 42.7 Å². The fraction of sp³-hybridized carbons (Fsp3) is 0.294. The second kappa shape index (κ2) is 6.50. The van der Waals surface area contributed by atoms with Gasteiger partial charge in [0.15, 0.2) is 0 Å². The third-order valence-corrected chi connectivity index (χ3v) is 3.53. The van der Waals surface area contributed by atoms with Gasteiger partial charge in [0.25, 0.3) is 0 Å². The highest BCUT2D eigenvalue weighted by Gasteiger charge is 2.04. The van der Waals surface area contributed by atoms with Crippen LogP contribution in [0.15, 0.2) is 48.9 Å². The molecule has 3 rings (SSSR count). The monoisotopic (exact) mass is 280 g/mol. The van der Waals surface area contributed by atoms with Gasteiger partial charge in [-0.05, 0) is 36.7 Å². The summed E-state index contributed by atoms with van der Waals surface area (Å²) in [5.74, 6) is 1.08. The van der Waals surface area contributed by atoms with Crippen molar-refractivity contribution >= 4 is 10.9 Å². The number of nitrogens with zero attached hydrogens (tertiary/aromatic N) is 3. The van der Waals surface area contributed by atoms with Gasteiger partial charge < -0.3 is 9.88 Å². The number of pyridine rings is 1. The predicted molar refractivity (Wildman–Crippen MR) is 85.1 cm³/mol. The Morgan fingerprint density at radius 3 is 3.00 bits per heavy atom. The van der Waals surface area contributed by atoms with Crippen molar-refractivity contribution in [3.05, 3.63) is 60.3 Å². The van der Waals surface area contributed by atoms with Crippen LogP contribution in [0.3, 0.4) is 0 Å². The third kappa shape index (κ3) is 3.28. The molecule has 2 aromatic heterocycles. The molecule has 0 saturated carbocycles. The lowest BCUT2D eigenvalue weighted by molar-refractivity contribution is 0.616. The molecule has 0 aliphatic rings. The molecular formula is C17H20N4. The molecule has 0 aliphatic heterocycles. The van der Waals surface area contributed by atoms with Crippen molar-refractivity contribution in [2.75, 3.05) is 6.54 Å². The maximum atomic E-state index is 4.43. The largest absolute Gasteiger partial charge is 0.329 e. The van der Waals surface area contributed by atoms with Gasteiger partial charge in [-0.3, -0.25) is 4.98 Å². The van der Waals surface area contributed by atoms with Gasteiger partial charge in [-0.1, -0.05) is 19.1 Å². The van der Waals surface area contributed by atoms with Gasteiger partial charge >= 0.3 is 0 Å². The van der Waals surface area contributed by atoms with Crippen molar-refractivity contribution in [1.29, 1.82) is 0 Å². The molecule has 4 nitrogen and oxygen atoms in total. The minimum atomic E-state index is 0.815. The van der Waals surface area contributed by atoms with E-state index in [9.17, 15) is 0 Å². The minimum Gasteiger partial charge on any atom is -0.329 e. The van der Waals surface area contributed by atoms with Crippen molar-refractivity contribution in [2.45, 2.75) is 26.4 Å². The molecule has 0 amide bonds. The summed E-state index contributed by atoms with van der Waals surface area (Å²) in [6.07, 6.45) is 6.87. The van der Waals surface area contributed by atoms with Crippen LogP contribution in [0.5, 0.6) is 0 Å². The van der Waals surface area contributed by atoms with E-state index >= 15 is 0 Å². The normalized spacial score (nSPS) is 11.1. The van der Waals surface area contributed by atoms with Gasteiger partial charge in [0.1, 0.15) is 5.82 Å². The van der Waals surface area contributed by atoms with Crippen LogP contribution in [-0.2, 0) is 13.1 Å². The molecule has 0 saturated heterocycles. The Labute approximate surface area is 124 Å². The summed E-state index contributed by atoms with van der Waals surface area (Å²) >= 11 is 0. The minimum absolute atomic E-state index is 0.815. The Balaban J connectivity index is 1.77. The molecule has 108 valence electrons. The van der Waals surface area contributed by atoms with E-state index < -0.39 is 0 Å². The average molecular weight is 280 g/mol. The van der Waals surface area contributed by atoms with Crippen LogP contribution in [0.4, 0.5) is 0 Å². The SMILES string of the molecule is CCCNCc1nccn1Cc1ccc2ncccc2c1. The van der Waals surface area contributed by atoms with Crippen LogP contribution < -0.4 is 5.32 Å². The molecule has 1 aromatic carbocycles. The smallest absolute Gasteiger partial charge is 0.122 e. The molecule has 0 atom stereocenters. The molecule has 0 radical (unpaired) electrons. The third-order valence-electron chi connectivity index (χ3n) is 3.53. The van der Waals surface area contributed by atoms with Gasteiger partial charge in [-0.25, -0.2) is 4.98 Å². The highest BCUT2D eigenvalue weighted by atomic mass is 15.1. The number of nitrogens with one attached hydrogen (secondary N) is 1. The quantitative estimate of drug-likeness (QED) is 0.706. The lowest BCUT2D eigenvalue weighted by Gasteiger charge is -2.09. The zero-order valence-electron chi connectivity index (χ0n) is 12.3. The van der Waals surface area contributed by atoms with E-state index in [0.29, 0.717) is 0 Å². The summed E-state index contributed by atoms with van der Waals surface area (Å²) < 4.78 is 2.19. The number of fused-ring (bicyclic) bond motifs is 1. The number of hydrogen-bond donors (Lipinski definition) is 1. The van der Waals surface area contributed by atoms with Crippen LogP contribution in [0.1, 0.15) is 24.7 Å². The van der Waals surface area contributed by atoms with E-state index in [1.807, 2.05) is 24.7 Å². The summed E-state index contributed by atoms with van der Waals surface area (Å²) in [7, 11) is 0. The van der Waals surface area contributed by atoms with Crippen molar-refractivity contribution in [1.82, 2.24) is 19.9 Å². The molecule has 0 spiro atoms. The second-order valence-electron chi connectivity index (χ2n) is 5.18. The summed E-state index contributed by atoms with van der Waals surface area (Å²) in [6.45, 7) is 4.85. The van der Waals surface area contributed by atoms with Crippen LogP contribution in [0.2, 0.25) is 0 Å². The maximum Gasteiger partial charge on any atom is 0.122 e. The summed E-state index contributed by atoms with van der Waals surface area (Å²) in [5, 5.41) is 4.58. The van der Waals surface area contributed by atoms with Crippen molar-refractivity contribution in [2.24, 2.45) is 0 Å². The first-order chi connectivity index (χ1) is 10.4. The molecular weight excluding hydrogens is 260 g/mol. The van der Waals surface area contributed by atoms with Gasteiger partial charge in [0, 0.05) is 30.5 Å². The van der Waals surface area contributed by atoms with Crippen molar-refractivity contribution < 1.29 is 0 Å². The Morgan fingerprint density at radius 2 is 2.10 bits per heavy atom. The molecule has 0 fully saturated rings. The van der Waals surface area contributed by atoms with E-state index in [1.54, 1.807) is 0 Å². The first-order valence-corrected chi connectivity index (χ1v) is 7.41. The molecule has 1 N–H and O–H groups in total. The van der Waals surface area contributed by atoms with E-state index in [2.05, 4.69) is 51.0 Å². The fourth-order valence-corrected chi connectivity index (χ4v) is 2.45. The lowest BCUT2D eigenvalue weighted by atomic mass is 10.1. The average Bonchev–Trinajstić information content (AvgIpc) is 2.95. The standard InChI is InChI=1S/C17H20N4/c1-2-7-18-12-17-20-9-10-21(17)13-14-5-6-16-15(11-14)4-3-8-19-16/h3-6,8-11,18H,2,7,12-13H2,1H3. The first-order valence-electron chi connectivity index (χ1n) is 7.41.